The van der Waals surface area contributed by atoms with Gasteiger partial charge in [0.1, 0.15) is 0 Å². The van der Waals surface area contributed by atoms with Crippen LogP contribution < -0.4 is 0 Å². The van der Waals surface area contributed by atoms with Crippen molar-refractivity contribution in [2.45, 2.75) is 52.4 Å². The van der Waals surface area contributed by atoms with Gasteiger partial charge in [0.25, 0.3) is 0 Å². The van der Waals surface area contributed by atoms with Crippen molar-refractivity contribution in [1.29, 1.82) is 0 Å². The summed E-state index contributed by atoms with van der Waals surface area (Å²) in [6.07, 6.45) is 6.96. The van der Waals surface area contributed by atoms with Gasteiger partial charge in [-0.3, -0.25) is 0 Å². The van der Waals surface area contributed by atoms with Crippen molar-refractivity contribution in [2.24, 2.45) is 0 Å². The molecule has 0 spiro atoms. The molecule has 0 saturated heterocycles. The molecule has 1 N–H and O–H groups in total. The predicted molar refractivity (Wildman–Crippen MR) is 51.5 cm³/mol. The molecule has 0 unspecified atom stereocenters. The maximum Gasteiger partial charge on any atom is 0.0431 e. The molecule has 0 aliphatic carbocycles. The first-order chi connectivity index (χ1) is 5.33. The Bertz CT molecular complexity index is 43.1. The summed E-state index contributed by atoms with van der Waals surface area (Å²) in [6, 6.07) is 0. The topological polar surface area (TPSA) is 20.2 Å². The molecule has 0 heterocycles. The molecule has 0 rings (SSSR count). The molecular formula is C10H23OSc-. The first-order valence-corrected chi connectivity index (χ1v) is 4.73. The van der Waals surface area contributed by atoms with Gasteiger partial charge in [-0.1, -0.05) is 39.5 Å². The van der Waals surface area contributed by atoms with E-state index in [9.17, 15) is 0 Å². The molecule has 1 radical (unpaired) electrons. The Balaban J connectivity index is -0.000000142. The summed E-state index contributed by atoms with van der Waals surface area (Å²) in [7, 11) is 0. The normalized spacial score (nSPS) is 8.00. The van der Waals surface area contributed by atoms with Crippen molar-refractivity contribution in [1.82, 2.24) is 0 Å². The van der Waals surface area contributed by atoms with E-state index in [0.29, 0.717) is 6.61 Å². The van der Waals surface area contributed by atoms with Crippen LogP contribution >= 0.6 is 0 Å². The summed E-state index contributed by atoms with van der Waals surface area (Å²) in [5.74, 6) is 0. The smallest absolute Gasteiger partial charge is 0.0431 e. The SMILES string of the molecule is CCCCCCO.[CH2-]CCC.[Sc]. The summed E-state index contributed by atoms with van der Waals surface area (Å²) in [6.45, 7) is 8.25. The Morgan fingerprint density at radius 2 is 1.50 bits per heavy atom. The first kappa shape index (κ1) is 18.6. The number of aliphatic hydroxyl groups excluding tert-OH is 1. The number of rotatable bonds is 5. The quantitative estimate of drug-likeness (QED) is 0.538. The van der Waals surface area contributed by atoms with Crippen molar-refractivity contribution in [3.05, 3.63) is 6.92 Å². The van der Waals surface area contributed by atoms with Crippen LogP contribution in [0.3, 0.4) is 0 Å². The van der Waals surface area contributed by atoms with E-state index in [-0.39, 0.29) is 25.8 Å². The van der Waals surface area contributed by atoms with Gasteiger partial charge in [-0.25, -0.2) is 0 Å². The summed E-state index contributed by atoms with van der Waals surface area (Å²) in [5, 5.41) is 8.29. The average Bonchev–Trinajstić information content (AvgIpc) is 2.06. The second kappa shape index (κ2) is 22.6. The monoisotopic (exact) mass is 204 g/mol. The Labute approximate surface area is 96.7 Å². The van der Waals surface area contributed by atoms with Gasteiger partial charge in [0.05, 0.1) is 0 Å². The van der Waals surface area contributed by atoms with Crippen molar-refractivity contribution >= 4 is 0 Å². The Kier molecular flexibility index (Phi) is 35.0. The number of aliphatic hydroxyl groups is 1. The van der Waals surface area contributed by atoms with Crippen molar-refractivity contribution in [3.63, 3.8) is 0 Å². The van der Waals surface area contributed by atoms with E-state index in [1.165, 1.54) is 25.7 Å². The van der Waals surface area contributed by atoms with Gasteiger partial charge in [-0.15, -0.1) is 0 Å². The maximum absolute atomic E-state index is 8.29. The number of unbranched alkanes of at least 4 members (excludes halogenated alkanes) is 4. The van der Waals surface area contributed by atoms with Crippen molar-refractivity contribution in [2.75, 3.05) is 6.61 Å². The fraction of sp³-hybridized carbons (Fsp3) is 0.900. The molecule has 2 heteroatoms. The largest absolute Gasteiger partial charge is 0.396 e. The van der Waals surface area contributed by atoms with Gasteiger partial charge >= 0.3 is 0 Å². The molecule has 0 aliphatic heterocycles. The van der Waals surface area contributed by atoms with Crippen LogP contribution in [-0.2, 0) is 25.8 Å². The Hall–Kier alpha value is 0.830. The minimum Gasteiger partial charge on any atom is -0.396 e. The van der Waals surface area contributed by atoms with Gasteiger partial charge in [-0.05, 0) is 6.42 Å². The van der Waals surface area contributed by atoms with Crippen LogP contribution in [0.2, 0.25) is 0 Å². The van der Waals surface area contributed by atoms with Crippen LogP contribution in [0.25, 0.3) is 0 Å². The minimum absolute atomic E-state index is 0. The first-order valence-electron chi connectivity index (χ1n) is 4.73. The molecule has 1 nitrogen and oxygen atoms in total. The van der Waals surface area contributed by atoms with Gasteiger partial charge < -0.3 is 12.0 Å². The summed E-state index contributed by atoms with van der Waals surface area (Å²) in [5.41, 5.74) is 0. The van der Waals surface area contributed by atoms with E-state index >= 15 is 0 Å². The van der Waals surface area contributed by atoms with Gasteiger partial charge in [0.15, 0.2) is 0 Å². The molecule has 73 valence electrons. The van der Waals surface area contributed by atoms with Crippen LogP contribution in [-0.4, -0.2) is 11.7 Å². The molecule has 0 amide bonds. The zero-order valence-electron chi connectivity index (χ0n) is 8.68. The molecule has 0 aliphatic rings. The van der Waals surface area contributed by atoms with E-state index in [4.69, 9.17) is 5.11 Å². The maximum atomic E-state index is 8.29. The van der Waals surface area contributed by atoms with Crippen LogP contribution in [0.15, 0.2) is 0 Å². The van der Waals surface area contributed by atoms with Gasteiger partial charge in [0.2, 0.25) is 0 Å². The minimum atomic E-state index is 0. The molecule has 0 aromatic heterocycles. The summed E-state index contributed by atoms with van der Waals surface area (Å²) >= 11 is 0. The van der Waals surface area contributed by atoms with Crippen LogP contribution in [0.5, 0.6) is 0 Å². The predicted octanol–water partition coefficient (Wildman–Crippen LogP) is 3.18. The van der Waals surface area contributed by atoms with Gasteiger partial charge in [-0.2, -0.15) is 6.42 Å². The summed E-state index contributed by atoms with van der Waals surface area (Å²) in [4.78, 5) is 0. The molecule has 0 atom stereocenters. The van der Waals surface area contributed by atoms with E-state index in [2.05, 4.69) is 20.8 Å². The van der Waals surface area contributed by atoms with Crippen molar-refractivity contribution in [3.8, 4) is 0 Å². The third-order valence-electron chi connectivity index (χ3n) is 1.37. The fourth-order valence-electron chi connectivity index (χ4n) is 0.539. The molecule has 0 aromatic carbocycles. The molecule has 0 bridgehead atoms. The van der Waals surface area contributed by atoms with Crippen LogP contribution in [0.4, 0.5) is 0 Å². The van der Waals surface area contributed by atoms with E-state index < -0.39 is 0 Å². The zero-order chi connectivity index (χ0) is 8.95. The molecule has 0 fully saturated rings. The third kappa shape index (κ3) is 30.8. The number of hydrogen-bond acceptors (Lipinski definition) is 1. The third-order valence-corrected chi connectivity index (χ3v) is 1.37. The Morgan fingerprint density at radius 1 is 1.00 bits per heavy atom. The number of hydrogen-bond donors (Lipinski definition) is 1. The zero-order valence-corrected chi connectivity index (χ0v) is 10.5. The molecule has 0 saturated carbocycles. The standard InChI is InChI=1S/C6H14O.C4H9.Sc/c1-2-3-4-5-6-7;1-3-4-2;/h7H,2-6H2,1H3;1,3-4H2,2H3;/q;-1;. The second-order valence-electron chi connectivity index (χ2n) is 2.64. The second-order valence-corrected chi connectivity index (χ2v) is 2.64. The molecule has 0 aromatic rings. The van der Waals surface area contributed by atoms with E-state index in [0.717, 1.165) is 12.8 Å². The Morgan fingerprint density at radius 3 is 1.75 bits per heavy atom. The van der Waals surface area contributed by atoms with Gasteiger partial charge in [0, 0.05) is 32.5 Å². The molecular weight excluding hydrogens is 181 g/mol. The van der Waals surface area contributed by atoms with Crippen LogP contribution in [0.1, 0.15) is 52.4 Å². The fourth-order valence-corrected chi connectivity index (χ4v) is 0.539. The summed E-state index contributed by atoms with van der Waals surface area (Å²) < 4.78 is 0. The van der Waals surface area contributed by atoms with Crippen LogP contribution in [0, 0.1) is 6.92 Å². The van der Waals surface area contributed by atoms with Crippen molar-refractivity contribution < 1.29 is 30.9 Å². The average molecular weight is 204 g/mol. The molecule has 12 heavy (non-hydrogen) atoms. The van der Waals surface area contributed by atoms with E-state index in [1.807, 2.05) is 0 Å². The van der Waals surface area contributed by atoms with E-state index in [1.54, 1.807) is 0 Å².